The molecule has 0 atom stereocenters. The Hall–Kier alpha value is -2.05. The summed E-state index contributed by atoms with van der Waals surface area (Å²) in [7, 11) is 0. The van der Waals surface area contributed by atoms with Gasteiger partial charge in [-0.3, -0.25) is 4.79 Å². The van der Waals surface area contributed by atoms with Crippen LogP contribution >= 0.6 is 0 Å². The van der Waals surface area contributed by atoms with Crippen LogP contribution in [0.1, 0.15) is 23.2 Å². The Bertz CT molecular complexity index is 433. The first-order valence-corrected chi connectivity index (χ1v) is 3.92. The van der Waals surface area contributed by atoms with Crippen molar-refractivity contribution in [3.05, 3.63) is 24.1 Å². The lowest BCUT2D eigenvalue weighted by atomic mass is 10.3. The molecule has 0 aliphatic rings. The maximum Gasteiger partial charge on any atom is 0.213 e. The highest BCUT2D eigenvalue weighted by atomic mass is 16.5. The number of nitrogens with zero attached hydrogens (tertiary/aromatic N) is 5. The second-order valence-electron chi connectivity index (χ2n) is 2.70. The first-order valence-electron chi connectivity index (χ1n) is 3.92. The number of ketones is 1. The van der Waals surface area contributed by atoms with Gasteiger partial charge >= 0.3 is 0 Å². The highest BCUT2D eigenvalue weighted by Gasteiger charge is 2.06. The molecule has 0 radical (unpaired) electrons. The van der Waals surface area contributed by atoms with E-state index in [1.807, 2.05) is 0 Å². The third-order valence-corrected chi connectivity index (χ3v) is 1.61. The van der Waals surface area contributed by atoms with E-state index in [1.165, 1.54) is 18.0 Å². The Morgan fingerprint density at radius 3 is 3.07 bits per heavy atom. The SMILES string of the molecule is CC(=O)c1cn(Cc2ncon2)nn1. The quantitative estimate of drug-likeness (QED) is 0.633. The lowest BCUT2D eigenvalue weighted by Gasteiger charge is -1.91. The Morgan fingerprint density at radius 2 is 2.50 bits per heavy atom. The van der Waals surface area contributed by atoms with Gasteiger partial charge in [0.05, 0.1) is 6.20 Å². The van der Waals surface area contributed by atoms with Crippen molar-refractivity contribution in [1.82, 2.24) is 25.1 Å². The fraction of sp³-hybridized carbons (Fsp3) is 0.286. The predicted octanol–water partition coefficient (Wildman–Crippen LogP) is -0.0880. The second kappa shape index (κ2) is 3.36. The summed E-state index contributed by atoms with van der Waals surface area (Å²) in [6.07, 6.45) is 2.77. The van der Waals surface area contributed by atoms with E-state index >= 15 is 0 Å². The number of aromatic nitrogens is 5. The summed E-state index contributed by atoms with van der Waals surface area (Å²) < 4.78 is 6.03. The first-order chi connectivity index (χ1) is 6.75. The minimum Gasteiger partial charge on any atom is -0.343 e. The van der Waals surface area contributed by atoms with Gasteiger partial charge in [-0.1, -0.05) is 10.4 Å². The number of Topliss-reactive ketones (excluding diaryl/α,β-unsaturated/α-hetero) is 1. The van der Waals surface area contributed by atoms with Crippen molar-refractivity contribution >= 4 is 5.78 Å². The van der Waals surface area contributed by atoms with Crippen molar-refractivity contribution in [2.24, 2.45) is 0 Å². The zero-order chi connectivity index (χ0) is 9.97. The molecule has 0 spiro atoms. The summed E-state index contributed by atoms with van der Waals surface area (Å²) in [4.78, 5) is 14.7. The average Bonchev–Trinajstić information content (AvgIpc) is 2.75. The summed E-state index contributed by atoms with van der Waals surface area (Å²) in [5.74, 6) is 0.370. The first kappa shape index (κ1) is 8.54. The average molecular weight is 193 g/mol. The highest BCUT2D eigenvalue weighted by molar-refractivity contribution is 5.91. The number of hydrogen-bond donors (Lipinski definition) is 0. The van der Waals surface area contributed by atoms with E-state index in [1.54, 1.807) is 6.20 Å². The molecule has 2 heterocycles. The van der Waals surface area contributed by atoms with Gasteiger partial charge in [0.15, 0.2) is 11.6 Å². The van der Waals surface area contributed by atoms with Crippen LogP contribution < -0.4 is 0 Å². The molecule has 0 N–H and O–H groups in total. The van der Waals surface area contributed by atoms with Gasteiger partial charge in [0, 0.05) is 6.92 Å². The van der Waals surface area contributed by atoms with Crippen LogP contribution in [0.5, 0.6) is 0 Å². The van der Waals surface area contributed by atoms with E-state index in [0.717, 1.165) is 0 Å². The normalized spacial score (nSPS) is 10.4. The Balaban J connectivity index is 2.14. The minimum absolute atomic E-state index is 0.121. The van der Waals surface area contributed by atoms with Gasteiger partial charge in [-0.25, -0.2) is 4.68 Å². The zero-order valence-electron chi connectivity index (χ0n) is 7.41. The number of carbonyl (C=O) groups excluding carboxylic acids is 1. The van der Waals surface area contributed by atoms with Crippen molar-refractivity contribution in [1.29, 1.82) is 0 Å². The van der Waals surface area contributed by atoms with Gasteiger partial charge < -0.3 is 4.52 Å². The van der Waals surface area contributed by atoms with Gasteiger partial charge in [-0.05, 0) is 0 Å². The van der Waals surface area contributed by atoms with Crippen molar-refractivity contribution in [2.45, 2.75) is 13.5 Å². The number of hydrogen-bond acceptors (Lipinski definition) is 6. The molecule has 72 valence electrons. The van der Waals surface area contributed by atoms with Crippen LogP contribution in [0.4, 0.5) is 0 Å². The number of rotatable bonds is 3. The van der Waals surface area contributed by atoms with E-state index in [2.05, 4.69) is 25.0 Å². The van der Waals surface area contributed by atoms with Gasteiger partial charge in [0.25, 0.3) is 0 Å². The summed E-state index contributed by atoms with van der Waals surface area (Å²) in [6.45, 7) is 1.78. The number of carbonyl (C=O) groups is 1. The van der Waals surface area contributed by atoms with Crippen molar-refractivity contribution in [2.75, 3.05) is 0 Å². The zero-order valence-corrected chi connectivity index (χ0v) is 7.41. The third-order valence-electron chi connectivity index (χ3n) is 1.61. The maximum atomic E-state index is 10.9. The van der Waals surface area contributed by atoms with Crippen LogP contribution in [-0.2, 0) is 6.54 Å². The molecule has 7 heteroatoms. The van der Waals surface area contributed by atoms with E-state index in [-0.39, 0.29) is 5.78 Å². The van der Waals surface area contributed by atoms with Crippen molar-refractivity contribution < 1.29 is 9.32 Å². The summed E-state index contributed by atoms with van der Waals surface area (Å²) in [5.41, 5.74) is 0.327. The summed E-state index contributed by atoms with van der Waals surface area (Å²) in [5, 5.41) is 11.0. The van der Waals surface area contributed by atoms with Gasteiger partial charge in [-0.2, -0.15) is 4.98 Å². The molecule has 0 bridgehead atoms. The molecule has 2 rings (SSSR count). The molecular formula is C7H7N5O2. The standard InChI is InChI=1S/C7H7N5O2/c1-5(13)6-2-12(11-9-6)3-7-8-4-14-10-7/h2,4H,3H2,1H3. The van der Waals surface area contributed by atoms with E-state index < -0.39 is 0 Å². The van der Waals surface area contributed by atoms with Crippen LogP contribution in [0.25, 0.3) is 0 Å². The van der Waals surface area contributed by atoms with Gasteiger partial charge in [0.1, 0.15) is 12.2 Å². The topological polar surface area (TPSA) is 86.7 Å². The van der Waals surface area contributed by atoms with Crippen molar-refractivity contribution in [3.8, 4) is 0 Å². The largest absolute Gasteiger partial charge is 0.343 e. The molecule has 7 nitrogen and oxygen atoms in total. The molecule has 2 aromatic heterocycles. The molecule has 0 saturated heterocycles. The van der Waals surface area contributed by atoms with Crippen molar-refractivity contribution in [3.63, 3.8) is 0 Å². The molecule has 0 amide bonds. The van der Waals surface area contributed by atoms with Crippen LogP contribution in [0.3, 0.4) is 0 Å². The van der Waals surface area contributed by atoms with Crippen LogP contribution in [0.2, 0.25) is 0 Å². The fourth-order valence-electron chi connectivity index (χ4n) is 0.944. The molecule has 0 unspecified atom stereocenters. The van der Waals surface area contributed by atoms with Gasteiger partial charge in [-0.15, -0.1) is 5.10 Å². The second-order valence-corrected chi connectivity index (χ2v) is 2.70. The third kappa shape index (κ3) is 1.65. The molecule has 0 saturated carbocycles. The molecular weight excluding hydrogens is 186 g/mol. The molecule has 0 aliphatic heterocycles. The van der Waals surface area contributed by atoms with E-state index in [0.29, 0.717) is 18.1 Å². The highest BCUT2D eigenvalue weighted by Crippen LogP contribution is 1.97. The lowest BCUT2D eigenvalue weighted by molar-refractivity contribution is 0.101. The Labute approximate surface area is 78.7 Å². The fourth-order valence-corrected chi connectivity index (χ4v) is 0.944. The van der Waals surface area contributed by atoms with E-state index in [9.17, 15) is 4.79 Å². The maximum absolute atomic E-state index is 10.9. The Morgan fingerprint density at radius 1 is 1.64 bits per heavy atom. The van der Waals surface area contributed by atoms with Crippen LogP contribution in [-0.4, -0.2) is 30.9 Å². The molecule has 0 aromatic carbocycles. The molecule has 0 aliphatic carbocycles. The smallest absolute Gasteiger partial charge is 0.213 e. The van der Waals surface area contributed by atoms with Crippen LogP contribution in [0, 0.1) is 0 Å². The lowest BCUT2D eigenvalue weighted by Crippen LogP contribution is -2.01. The summed E-state index contributed by atoms with van der Waals surface area (Å²) in [6, 6.07) is 0. The molecule has 0 fully saturated rings. The molecule has 14 heavy (non-hydrogen) atoms. The van der Waals surface area contributed by atoms with Gasteiger partial charge in [0.2, 0.25) is 6.39 Å². The van der Waals surface area contributed by atoms with E-state index in [4.69, 9.17) is 0 Å². The van der Waals surface area contributed by atoms with Crippen LogP contribution in [0.15, 0.2) is 17.1 Å². The minimum atomic E-state index is -0.121. The Kier molecular flexibility index (Phi) is 2.05. The predicted molar refractivity (Wildman–Crippen MR) is 43.4 cm³/mol. The summed E-state index contributed by atoms with van der Waals surface area (Å²) >= 11 is 0. The molecule has 2 aromatic rings. The monoisotopic (exact) mass is 193 g/mol.